The first-order valence-electron chi connectivity index (χ1n) is 6.67. The molecule has 1 heterocycles. The van der Waals surface area contributed by atoms with E-state index in [9.17, 15) is 0 Å². The van der Waals surface area contributed by atoms with Gasteiger partial charge in [-0.1, -0.05) is 19.8 Å². The van der Waals surface area contributed by atoms with Gasteiger partial charge in [-0.2, -0.15) is 0 Å². The van der Waals surface area contributed by atoms with Crippen LogP contribution in [-0.4, -0.2) is 24.5 Å². The molecule has 1 fully saturated rings. The van der Waals surface area contributed by atoms with Gasteiger partial charge in [0.1, 0.15) is 5.76 Å². The summed E-state index contributed by atoms with van der Waals surface area (Å²) in [5, 5.41) is 0. The van der Waals surface area contributed by atoms with Gasteiger partial charge in [-0.25, -0.2) is 0 Å². The lowest BCUT2D eigenvalue weighted by Crippen LogP contribution is -2.40. The average Bonchev–Trinajstić information content (AvgIpc) is 2.83. The Balaban J connectivity index is 2.04. The van der Waals surface area contributed by atoms with Crippen molar-refractivity contribution in [2.45, 2.75) is 44.7 Å². The highest BCUT2D eigenvalue weighted by Gasteiger charge is 2.28. The molecule has 2 N–H and O–H groups in total. The van der Waals surface area contributed by atoms with E-state index in [0.29, 0.717) is 12.6 Å². The van der Waals surface area contributed by atoms with Gasteiger partial charge in [-0.3, -0.25) is 4.90 Å². The summed E-state index contributed by atoms with van der Waals surface area (Å²) in [6.07, 6.45) is 7.02. The summed E-state index contributed by atoms with van der Waals surface area (Å²) < 4.78 is 5.50. The molecule has 0 amide bonds. The summed E-state index contributed by atoms with van der Waals surface area (Å²) >= 11 is 0. The van der Waals surface area contributed by atoms with E-state index in [-0.39, 0.29) is 6.04 Å². The lowest BCUT2D eigenvalue weighted by molar-refractivity contribution is 0.109. The summed E-state index contributed by atoms with van der Waals surface area (Å²) in [5.41, 5.74) is 5.90. The van der Waals surface area contributed by atoms with Crippen LogP contribution in [-0.2, 0) is 0 Å². The molecule has 1 aliphatic carbocycles. The Bertz CT molecular complexity index is 323. The Morgan fingerprint density at radius 1 is 1.53 bits per heavy atom. The van der Waals surface area contributed by atoms with Crippen molar-refractivity contribution < 1.29 is 4.42 Å². The fourth-order valence-corrected chi connectivity index (χ4v) is 2.99. The summed E-state index contributed by atoms with van der Waals surface area (Å²) in [4.78, 5) is 2.41. The zero-order chi connectivity index (χ0) is 12.3. The molecule has 0 bridgehead atoms. The molecule has 3 nitrogen and oxygen atoms in total. The van der Waals surface area contributed by atoms with Crippen molar-refractivity contribution in [3.05, 3.63) is 24.2 Å². The molecule has 0 aliphatic heterocycles. The van der Waals surface area contributed by atoms with Gasteiger partial charge in [0.05, 0.1) is 12.3 Å². The summed E-state index contributed by atoms with van der Waals surface area (Å²) in [6.45, 7) is 2.97. The molecule has 0 saturated heterocycles. The molecule has 1 aliphatic rings. The third-order valence-electron chi connectivity index (χ3n) is 4.07. The number of nitrogens with zero attached hydrogens (tertiary/aromatic N) is 1. The highest BCUT2D eigenvalue weighted by atomic mass is 16.3. The molecule has 1 aromatic rings. The van der Waals surface area contributed by atoms with Crippen molar-refractivity contribution in [3.63, 3.8) is 0 Å². The van der Waals surface area contributed by atoms with E-state index < -0.39 is 0 Å². The van der Waals surface area contributed by atoms with E-state index in [4.69, 9.17) is 10.2 Å². The highest BCUT2D eigenvalue weighted by molar-refractivity contribution is 5.05. The molecule has 2 rings (SSSR count). The highest BCUT2D eigenvalue weighted by Crippen LogP contribution is 2.31. The van der Waals surface area contributed by atoms with Crippen molar-refractivity contribution in [2.75, 3.05) is 13.6 Å². The van der Waals surface area contributed by atoms with Crippen LogP contribution in [0.1, 0.15) is 44.4 Å². The Kier molecular flexibility index (Phi) is 4.24. The number of nitrogens with two attached hydrogens (primary N) is 1. The molecule has 0 spiro atoms. The predicted molar refractivity (Wildman–Crippen MR) is 69.7 cm³/mol. The van der Waals surface area contributed by atoms with E-state index >= 15 is 0 Å². The van der Waals surface area contributed by atoms with Crippen LogP contribution < -0.4 is 5.73 Å². The van der Waals surface area contributed by atoms with Gasteiger partial charge >= 0.3 is 0 Å². The molecule has 0 radical (unpaired) electrons. The second-order valence-corrected chi connectivity index (χ2v) is 5.36. The minimum Gasteiger partial charge on any atom is -0.468 e. The van der Waals surface area contributed by atoms with E-state index in [1.807, 2.05) is 12.1 Å². The van der Waals surface area contributed by atoms with Gasteiger partial charge in [0.15, 0.2) is 0 Å². The van der Waals surface area contributed by atoms with Crippen molar-refractivity contribution in [2.24, 2.45) is 11.7 Å². The Hall–Kier alpha value is -0.800. The SMILES string of the molecule is CC1CCCC(N(C)C(CN)c2ccco2)C1. The van der Waals surface area contributed by atoms with Gasteiger partial charge in [-0.15, -0.1) is 0 Å². The van der Waals surface area contributed by atoms with Crippen molar-refractivity contribution in [1.82, 2.24) is 4.90 Å². The van der Waals surface area contributed by atoms with Crippen LogP contribution in [0.15, 0.2) is 22.8 Å². The molecule has 96 valence electrons. The first-order valence-corrected chi connectivity index (χ1v) is 6.67. The first-order chi connectivity index (χ1) is 8.22. The second-order valence-electron chi connectivity index (χ2n) is 5.36. The number of likely N-dealkylation sites (N-methyl/N-ethyl adjacent to an activating group) is 1. The lowest BCUT2D eigenvalue weighted by atomic mass is 9.86. The van der Waals surface area contributed by atoms with Crippen molar-refractivity contribution in [3.8, 4) is 0 Å². The molecule has 0 aromatic carbocycles. The Labute approximate surface area is 104 Å². The monoisotopic (exact) mass is 236 g/mol. The molecule has 17 heavy (non-hydrogen) atoms. The smallest absolute Gasteiger partial charge is 0.122 e. The van der Waals surface area contributed by atoms with Crippen LogP contribution in [0.25, 0.3) is 0 Å². The fraction of sp³-hybridized carbons (Fsp3) is 0.714. The zero-order valence-electron chi connectivity index (χ0n) is 10.9. The van der Waals surface area contributed by atoms with Gasteiger partial charge < -0.3 is 10.2 Å². The maximum atomic E-state index is 5.90. The molecule has 3 heteroatoms. The topological polar surface area (TPSA) is 42.4 Å². The minimum absolute atomic E-state index is 0.222. The van der Waals surface area contributed by atoms with E-state index in [0.717, 1.165) is 11.7 Å². The first kappa shape index (κ1) is 12.7. The average molecular weight is 236 g/mol. The van der Waals surface area contributed by atoms with Crippen LogP contribution in [0.2, 0.25) is 0 Å². The van der Waals surface area contributed by atoms with Crippen LogP contribution in [0, 0.1) is 5.92 Å². The Morgan fingerprint density at radius 2 is 2.35 bits per heavy atom. The van der Waals surface area contributed by atoms with Crippen LogP contribution in [0.4, 0.5) is 0 Å². The van der Waals surface area contributed by atoms with Gasteiger partial charge in [0.25, 0.3) is 0 Å². The van der Waals surface area contributed by atoms with E-state index in [2.05, 4.69) is 18.9 Å². The van der Waals surface area contributed by atoms with E-state index in [1.54, 1.807) is 6.26 Å². The van der Waals surface area contributed by atoms with E-state index in [1.165, 1.54) is 25.7 Å². The zero-order valence-corrected chi connectivity index (χ0v) is 10.9. The van der Waals surface area contributed by atoms with Crippen molar-refractivity contribution in [1.29, 1.82) is 0 Å². The molecule has 1 saturated carbocycles. The van der Waals surface area contributed by atoms with Gasteiger partial charge in [0, 0.05) is 12.6 Å². The minimum atomic E-state index is 0.222. The third kappa shape index (κ3) is 2.90. The van der Waals surface area contributed by atoms with Crippen LogP contribution in [0.3, 0.4) is 0 Å². The molecular formula is C14H24N2O. The van der Waals surface area contributed by atoms with Gasteiger partial charge in [-0.05, 0) is 37.9 Å². The summed E-state index contributed by atoms with van der Waals surface area (Å²) in [6, 6.07) is 4.84. The molecular weight excluding hydrogens is 212 g/mol. The third-order valence-corrected chi connectivity index (χ3v) is 4.07. The number of hydrogen-bond donors (Lipinski definition) is 1. The molecule has 1 aromatic heterocycles. The fourth-order valence-electron chi connectivity index (χ4n) is 2.99. The lowest BCUT2D eigenvalue weighted by Gasteiger charge is -2.37. The van der Waals surface area contributed by atoms with Crippen LogP contribution in [0.5, 0.6) is 0 Å². The van der Waals surface area contributed by atoms with Crippen molar-refractivity contribution >= 4 is 0 Å². The summed E-state index contributed by atoms with van der Waals surface area (Å²) in [7, 11) is 2.18. The predicted octanol–water partition coefficient (Wildman–Crippen LogP) is 2.79. The number of rotatable bonds is 4. The second kappa shape index (κ2) is 5.69. The number of furan rings is 1. The molecule has 3 atom stereocenters. The molecule has 3 unspecified atom stereocenters. The standard InChI is InChI=1S/C14H24N2O/c1-11-5-3-6-12(9-11)16(2)13(10-15)14-7-4-8-17-14/h4,7-8,11-13H,3,5-6,9-10,15H2,1-2H3. The Morgan fingerprint density at radius 3 is 2.94 bits per heavy atom. The maximum Gasteiger partial charge on any atom is 0.122 e. The quantitative estimate of drug-likeness (QED) is 0.874. The van der Waals surface area contributed by atoms with Gasteiger partial charge in [0.2, 0.25) is 0 Å². The summed E-state index contributed by atoms with van der Waals surface area (Å²) in [5.74, 6) is 1.83. The number of hydrogen-bond acceptors (Lipinski definition) is 3. The van der Waals surface area contributed by atoms with Crippen LogP contribution >= 0.6 is 0 Å². The largest absolute Gasteiger partial charge is 0.468 e. The maximum absolute atomic E-state index is 5.90. The normalized spacial score (nSPS) is 27.3.